The molecule has 1 aromatic heterocycles. The number of benzene rings is 1. The van der Waals surface area contributed by atoms with Crippen LogP contribution in [-0.2, 0) is 16.4 Å². The summed E-state index contributed by atoms with van der Waals surface area (Å²) >= 11 is 0. The zero-order valence-electron chi connectivity index (χ0n) is 14.7. The van der Waals surface area contributed by atoms with Crippen LogP contribution < -0.4 is 5.32 Å². The van der Waals surface area contributed by atoms with Crippen LogP contribution in [0.25, 0.3) is 0 Å². The number of pyridine rings is 1. The third-order valence-electron chi connectivity index (χ3n) is 4.43. The van der Waals surface area contributed by atoms with Crippen molar-refractivity contribution in [1.29, 1.82) is 0 Å². The van der Waals surface area contributed by atoms with Crippen molar-refractivity contribution >= 4 is 15.7 Å². The summed E-state index contributed by atoms with van der Waals surface area (Å²) in [6.45, 7) is 1.91. The Kier molecular flexibility index (Phi) is 5.71. The van der Waals surface area contributed by atoms with Crippen molar-refractivity contribution in [2.45, 2.75) is 29.5 Å². The van der Waals surface area contributed by atoms with Gasteiger partial charge in [0.05, 0.1) is 5.56 Å². The van der Waals surface area contributed by atoms with Crippen LogP contribution in [0.4, 0.5) is 13.2 Å². The summed E-state index contributed by atoms with van der Waals surface area (Å²) in [6, 6.07) is 11.7. The zero-order chi connectivity index (χ0) is 20.4. The van der Waals surface area contributed by atoms with Crippen LogP contribution in [0.15, 0.2) is 53.7 Å². The normalized spacial score (nSPS) is 18.2. The quantitative estimate of drug-likeness (QED) is 0.814. The third-order valence-corrected chi connectivity index (χ3v) is 5.88. The van der Waals surface area contributed by atoms with Gasteiger partial charge >= 0.3 is 5.51 Å². The molecule has 3 rings (SSSR count). The van der Waals surface area contributed by atoms with Crippen molar-refractivity contribution in [2.24, 2.45) is 0 Å². The molecule has 1 atom stereocenters. The maximum Gasteiger partial charge on any atom is 0.503 e. The van der Waals surface area contributed by atoms with Crippen molar-refractivity contribution in [1.82, 2.24) is 15.2 Å². The van der Waals surface area contributed by atoms with Gasteiger partial charge in [-0.2, -0.15) is 13.2 Å². The molecule has 0 saturated carbocycles. The maximum absolute atomic E-state index is 12.9. The predicted molar refractivity (Wildman–Crippen MR) is 95.1 cm³/mol. The summed E-state index contributed by atoms with van der Waals surface area (Å²) in [5, 5.41) is 1.34. The predicted octanol–water partition coefficient (Wildman–Crippen LogP) is 2.38. The minimum absolute atomic E-state index is 0.294. The molecule has 1 amide bonds. The summed E-state index contributed by atoms with van der Waals surface area (Å²) in [5.74, 6) is -0.887. The van der Waals surface area contributed by atoms with Crippen molar-refractivity contribution < 1.29 is 26.4 Å². The van der Waals surface area contributed by atoms with E-state index in [9.17, 15) is 26.4 Å². The fourth-order valence-corrected chi connectivity index (χ4v) is 3.96. The van der Waals surface area contributed by atoms with E-state index in [1.54, 1.807) is 0 Å². The van der Waals surface area contributed by atoms with Crippen molar-refractivity contribution in [3.8, 4) is 0 Å². The number of alkyl halides is 3. The second-order valence-corrected chi connectivity index (χ2v) is 8.34. The Bertz CT molecular complexity index is 949. The third kappa shape index (κ3) is 4.33. The van der Waals surface area contributed by atoms with E-state index in [2.05, 4.69) is 15.2 Å². The van der Waals surface area contributed by atoms with E-state index in [0.717, 1.165) is 17.8 Å². The molecule has 0 bridgehead atoms. The lowest BCUT2D eigenvalue weighted by Gasteiger charge is -2.17. The molecule has 6 nitrogen and oxygen atoms in total. The molecule has 0 spiro atoms. The summed E-state index contributed by atoms with van der Waals surface area (Å²) in [7, 11) is -5.72. The lowest BCUT2D eigenvalue weighted by atomic mass is 10.2. The molecule has 1 saturated heterocycles. The first kappa shape index (κ1) is 20.3. The highest BCUT2D eigenvalue weighted by Gasteiger charge is 2.49. The Morgan fingerprint density at radius 3 is 2.57 bits per heavy atom. The number of carbonyl (C=O) groups excluding carboxylic acids is 1. The number of aromatic nitrogens is 1. The highest BCUT2D eigenvalue weighted by Crippen LogP contribution is 2.30. The van der Waals surface area contributed by atoms with Crippen LogP contribution >= 0.6 is 0 Å². The summed E-state index contributed by atoms with van der Waals surface area (Å²) < 4.78 is 62.0. The number of nitrogens with zero attached hydrogens (tertiary/aromatic N) is 2. The number of hydrogen-bond acceptors (Lipinski definition) is 5. The van der Waals surface area contributed by atoms with Crippen LogP contribution in [0.2, 0.25) is 0 Å². The molecule has 10 heteroatoms. The van der Waals surface area contributed by atoms with Gasteiger partial charge in [0.15, 0.2) is 5.03 Å². The standard InChI is InChI=1S/C18H18F3N3O3S/c19-18(20,21)28(26,27)17-15(7-4-9-22-17)16(25)23-14-8-10-24(12-14)11-13-5-2-1-3-6-13/h1-7,9,14H,8,10-12H2,(H,23,25). The molecule has 1 N–H and O–H groups in total. The van der Waals surface area contributed by atoms with Crippen LogP contribution in [-0.4, -0.2) is 48.8 Å². The first-order chi connectivity index (χ1) is 13.2. The molecule has 0 aliphatic carbocycles. The average Bonchev–Trinajstić information content (AvgIpc) is 3.08. The molecule has 2 heterocycles. The van der Waals surface area contributed by atoms with Gasteiger partial charge < -0.3 is 5.32 Å². The van der Waals surface area contributed by atoms with Gasteiger partial charge in [-0.25, -0.2) is 13.4 Å². The van der Waals surface area contributed by atoms with Crippen LogP contribution in [0.3, 0.4) is 0 Å². The average molecular weight is 413 g/mol. The second-order valence-electron chi connectivity index (χ2n) is 6.49. The molecule has 0 radical (unpaired) electrons. The van der Waals surface area contributed by atoms with Crippen LogP contribution in [0.5, 0.6) is 0 Å². The van der Waals surface area contributed by atoms with E-state index < -0.39 is 31.8 Å². The number of carbonyl (C=O) groups is 1. The topological polar surface area (TPSA) is 79.4 Å². The molecule has 1 aromatic carbocycles. The fourth-order valence-electron chi connectivity index (χ4n) is 3.09. The minimum Gasteiger partial charge on any atom is -0.348 e. The summed E-state index contributed by atoms with van der Waals surface area (Å²) in [5.41, 5.74) is -5.03. The lowest BCUT2D eigenvalue weighted by Crippen LogP contribution is -2.38. The Morgan fingerprint density at radius 2 is 1.89 bits per heavy atom. The van der Waals surface area contributed by atoms with Crippen molar-refractivity contribution in [3.05, 3.63) is 59.8 Å². The van der Waals surface area contributed by atoms with E-state index in [0.29, 0.717) is 26.1 Å². The van der Waals surface area contributed by atoms with Crippen molar-refractivity contribution in [3.63, 3.8) is 0 Å². The fraction of sp³-hybridized carbons (Fsp3) is 0.333. The van der Waals surface area contributed by atoms with E-state index in [4.69, 9.17) is 0 Å². The van der Waals surface area contributed by atoms with Gasteiger partial charge in [-0.1, -0.05) is 30.3 Å². The highest BCUT2D eigenvalue weighted by atomic mass is 32.2. The number of hydrogen-bond donors (Lipinski definition) is 1. The Hall–Kier alpha value is -2.46. The first-order valence-corrected chi connectivity index (χ1v) is 10.0. The summed E-state index contributed by atoms with van der Waals surface area (Å²) in [4.78, 5) is 17.9. The van der Waals surface area contributed by atoms with Gasteiger partial charge in [0.2, 0.25) is 0 Å². The number of sulfone groups is 1. The number of amides is 1. The van der Waals surface area contributed by atoms with Gasteiger partial charge in [0.25, 0.3) is 15.7 Å². The maximum atomic E-state index is 12.9. The monoisotopic (exact) mass is 413 g/mol. The SMILES string of the molecule is O=C(NC1CCN(Cc2ccccc2)C1)c1cccnc1S(=O)(=O)C(F)(F)F. The second kappa shape index (κ2) is 7.88. The molecule has 150 valence electrons. The van der Waals surface area contributed by atoms with Crippen molar-refractivity contribution in [2.75, 3.05) is 13.1 Å². The van der Waals surface area contributed by atoms with Crippen LogP contribution in [0, 0.1) is 0 Å². The number of likely N-dealkylation sites (tertiary alicyclic amines) is 1. The lowest BCUT2D eigenvalue weighted by molar-refractivity contribution is -0.0438. The molecule has 1 aliphatic heterocycles. The van der Waals surface area contributed by atoms with E-state index in [1.165, 1.54) is 6.07 Å². The smallest absolute Gasteiger partial charge is 0.348 e. The molecule has 28 heavy (non-hydrogen) atoms. The van der Waals surface area contributed by atoms with E-state index >= 15 is 0 Å². The Morgan fingerprint density at radius 1 is 1.18 bits per heavy atom. The van der Waals surface area contributed by atoms with Gasteiger partial charge in [-0.3, -0.25) is 9.69 Å². The van der Waals surface area contributed by atoms with Gasteiger partial charge in [-0.15, -0.1) is 0 Å². The largest absolute Gasteiger partial charge is 0.503 e. The highest BCUT2D eigenvalue weighted by molar-refractivity contribution is 7.92. The number of halogens is 3. The number of rotatable bonds is 5. The molecule has 1 aliphatic rings. The Balaban J connectivity index is 1.70. The van der Waals surface area contributed by atoms with E-state index in [1.807, 2.05) is 30.3 Å². The van der Waals surface area contributed by atoms with Gasteiger partial charge in [0.1, 0.15) is 0 Å². The minimum atomic E-state index is -5.72. The molecular weight excluding hydrogens is 395 g/mol. The molecular formula is C18H18F3N3O3S. The van der Waals surface area contributed by atoms with Crippen LogP contribution in [0.1, 0.15) is 22.3 Å². The van der Waals surface area contributed by atoms with Gasteiger partial charge in [0, 0.05) is 31.9 Å². The molecule has 2 aromatic rings. The van der Waals surface area contributed by atoms with E-state index in [-0.39, 0.29) is 6.04 Å². The summed E-state index contributed by atoms with van der Waals surface area (Å²) in [6.07, 6.45) is 1.52. The first-order valence-electron chi connectivity index (χ1n) is 8.52. The zero-order valence-corrected chi connectivity index (χ0v) is 15.5. The number of nitrogens with one attached hydrogen (secondary N) is 1. The molecule has 1 unspecified atom stereocenters. The molecule has 1 fully saturated rings. The Labute approximate surface area is 160 Å². The van der Waals surface area contributed by atoms with Gasteiger partial charge in [-0.05, 0) is 24.1 Å².